The Morgan fingerprint density at radius 1 is 1.32 bits per heavy atom. The summed E-state index contributed by atoms with van der Waals surface area (Å²) in [6.45, 7) is 0. The summed E-state index contributed by atoms with van der Waals surface area (Å²) in [6.07, 6.45) is 2.10. The van der Waals surface area contributed by atoms with E-state index in [0.29, 0.717) is 30.7 Å². The molecule has 1 aromatic rings. The van der Waals surface area contributed by atoms with Crippen molar-refractivity contribution in [1.82, 2.24) is 0 Å². The number of carbonyl (C=O) groups is 2. The lowest BCUT2D eigenvalue weighted by Crippen LogP contribution is -2.25. The molecule has 4 nitrogen and oxygen atoms in total. The van der Waals surface area contributed by atoms with Gasteiger partial charge in [0.2, 0.25) is 0 Å². The number of ether oxygens (including phenoxy) is 1. The maximum Gasteiger partial charge on any atom is 0.309 e. The van der Waals surface area contributed by atoms with Crippen LogP contribution in [-0.2, 0) is 20.7 Å². The monoisotopic (exact) mass is 324 g/mol. The van der Waals surface area contributed by atoms with Gasteiger partial charge in [0.05, 0.1) is 19.1 Å². The molecule has 1 aliphatic rings. The van der Waals surface area contributed by atoms with E-state index >= 15 is 0 Å². The molecule has 0 bridgehead atoms. The number of hydrogen-bond donors (Lipinski definition) is 1. The fourth-order valence-corrected chi connectivity index (χ4v) is 3.10. The molecule has 22 heavy (non-hydrogen) atoms. The Balaban J connectivity index is 2.01. The molecule has 0 aromatic heterocycles. The van der Waals surface area contributed by atoms with Crippen LogP contribution in [0.5, 0.6) is 0 Å². The summed E-state index contributed by atoms with van der Waals surface area (Å²) in [5, 5.41) is 10.2. The fourth-order valence-electron chi connectivity index (χ4n) is 2.97. The number of aliphatic hydroxyl groups is 1. The van der Waals surface area contributed by atoms with Crippen LogP contribution in [0.2, 0.25) is 5.02 Å². The summed E-state index contributed by atoms with van der Waals surface area (Å²) in [7, 11) is 1.33. The molecule has 120 valence electrons. The van der Waals surface area contributed by atoms with Crippen molar-refractivity contribution in [1.29, 1.82) is 0 Å². The third-order valence-electron chi connectivity index (χ3n) is 4.24. The molecule has 1 aliphatic carbocycles. The van der Waals surface area contributed by atoms with E-state index in [-0.39, 0.29) is 30.2 Å². The SMILES string of the molecule is COC(=O)[C@@H](CC(=O)[C@@H]1CCC(O)C1)Cc1ccc(Cl)cc1. The zero-order valence-corrected chi connectivity index (χ0v) is 13.4. The molecule has 1 saturated carbocycles. The third-order valence-corrected chi connectivity index (χ3v) is 4.49. The van der Waals surface area contributed by atoms with E-state index in [1.807, 2.05) is 12.1 Å². The number of esters is 1. The second-order valence-electron chi connectivity index (χ2n) is 5.88. The van der Waals surface area contributed by atoms with Gasteiger partial charge < -0.3 is 9.84 Å². The molecule has 5 heteroatoms. The van der Waals surface area contributed by atoms with E-state index in [9.17, 15) is 14.7 Å². The Bertz CT molecular complexity index is 526. The minimum atomic E-state index is -0.489. The molecule has 3 atom stereocenters. The van der Waals surface area contributed by atoms with Gasteiger partial charge in [-0.05, 0) is 43.4 Å². The summed E-state index contributed by atoms with van der Waals surface area (Å²) in [5.41, 5.74) is 0.944. The van der Waals surface area contributed by atoms with Gasteiger partial charge in [-0.15, -0.1) is 0 Å². The fraction of sp³-hybridized carbons (Fsp3) is 0.529. The first-order valence-corrected chi connectivity index (χ1v) is 7.90. The van der Waals surface area contributed by atoms with Crippen LogP contribution in [0.15, 0.2) is 24.3 Å². The molecule has 0 amide bonds. The Kier molecular flexibility index (Phi) is 5.98. The van der Waals surface area contributed by atoms with Crippen LogP contribution < -0.4 is 0 Å². The molecular formula is C17H21ClO4. The van der Waals surface area contributed by atoms with Crippen LogP contribution in [0.4, 0.5) is 0 Å². The Labute approximate surface area is 135 Å². The quantitative estimate of drug-likeness (QED) is 0.817. The number of halogens is 1. The number of benzene rings is 1. The number of carbonyl (C=O) groups excluding carboxylic acids is 2. The van der Waals surface area contributed by atoms with Crippen molar-refractivity contribution in [3.05, 3.63) is 34.9 Å². The maximum absolute atomic E-state index is 12.3. The molecule has 1 aromatic carbocycles. The number of methoxy groups -OCH3 is 1. The van der Waals surface area contributed by atoms with Gasteiger partial charge in [-0.1, -0.05) is 23.7 Å². The number of hydrogen-bond acceptors (Lipinski definition) is 4. The lowest BCUT2D eigenvalue weighted by atomic mass is 9.89. The lowest BCUT2D eigenvalue weighted by molar-refractivity contribution is -0.147. The first-order valence-electron chi connectivity index (χ1n) is 7.52. The van der Waals surface area contributed by atoms with Gasteiger partial charge in [-0.2, -0.15) is 0 Å². The van der Waals surface area contributed by atoms with E-state index in [2.05, 4.69) is 0 Å². The van der Waals surface area contributed by atoms with Crippen LogP contribution in [0, 0.1) is 11.8 Å². The zero-order valence-electron chi connectivity index (χ0n) is 12.6. The van der Waals surface area contributed by atoms with Gasteiger partial charge in [-0.25, -0.2) is 0 Å². The largest absolute Gasteiger partial charge is 0.469 e. The van der Waals surface area contributed by atoms with Gasteiger partial charge in [-0.3, -0.25) is 9.59 Å². The van der Waals surface area contributed by atoms with Crippen molar-refractivity contribution in [2.24, 2.45) is 11.8 Å². The van der Waals surface area contributed by atoms with E-state index < -0.39 is 5.92 Å². The van der Waals surface area contributed by atoms with Gasteiger partial charge in [0.15, 0.2) is 0 Å². The number of aliphatic hydroxyl groups excluding tert-OH is 1. The molecule has 0 aliphatic heterocycles. The molecule has 0 spiro atoms. The Morgan fingerprint density at radius 3 is 2.55 bits per heavy atom. The molecule has 1 fully saturated rings. The van der Waals surface area contributed by atoms with Crippen molar-refractivity contribution >= 4 is 23.4 Å². The minimum absolute atomic E-state index is 0.0425. The van der Waals surface area contributed by atoms with E-state index in [4.69, 9.17) is 16.3 Å². The second kappa shape index (κ2) is 7.75. The summed E-state index contributed by atoms with van der Waals surface area (Å²) in [6, 6.07) is 7.23. The highest BCUT2D eigenvalue weighted by atomic mass is 35.5. The molecule has 0 saturated heterocycles. The van der Waals surface area contributed by atoms with Crippen LogP contribution in [0.25, 0.3) is 0 Å². The molecule has 0 heterocycles. The molecule has 1 N–H and O–H groups in total. The predicted molar refractivity (Wildman–Crippen MR) is 83.6 cm³/mol. The molecular weight excluding hydrogens is 304 g/mol. The lowest BCUT2D eigenvalue weighted by Gasteiger charge is -2.16. The molecule has 0 radical (unpaired) electrons. The van der Waals surface area contributed by atoms with Gasteiger partial charge in [0.1, 0.15) is 5.78 Å². The predicted octanol–water partition coefficient (Wildman–Crippen LogP) is 2.79. The summed E-state index contributed by atoms with van der Waals surface area (Å²) >= 11 is 5.85. The van der Waals surface area contributed by atoms with Gasteiger partial charge in [0, 0.05) is 17.4 Å². The standard InChI is InChI=1S/C17H21ClO4/c1-22-17(21)13(8-11-2-5-14(18)6-3-11)10-16(20)12-4-7-15(19)9-12/h2-3,5-6,12-13,15,19H,4,7-10H2,1H3/t12-,13-,15?/m1/s1. The average Bonchev–Trinajstić information content (AvgIpc) is 2.94. The van der Waals surface area contributed by atoms with Crippen molar-refractivity contribution in [3.8, 4) is 0 Å². The minimum Gasteiger partial charge on any atom is -0.469 e. The highest BCUT2D eigenvalue weighted by Crippen LogP contribution is 2.29. The molecule has 1 unspecified atom stereocenters. The van der Waals surface area contributed by atoms with Crippen LogP contribution in [-0.4, -0.2) is 30.1 Å². The topological polar surface area (TPSA) is 63.6 Å². The highest BCUT2D eigenvalue weighted by Gasteiger charge is 2.32. The van der Waals surface area contributed by atoms with Gasteiger partial charge >= 0.3 is 5.97 Å². The summed E-state index contributed by atoms with van der Waals surface area (Å²) in [5.74, 6) is -0.952. The highest BCUT2D eigenvalue weighted by molar-refractivity contribution is 6.30. The summed E-state index contributed by atoms with van der Waals surface area (Å²) in [4.78, 5) is 24.3. The van der Waals surface area contributed by atoms with Crippen molar-refractivity contribution in [2.75, 3.05) is 7.11 Å². The van der Waals surface area contributed by atoms with Crippen molar-refractivity contribution in [3.63, 3.8) is 0 Å². The zero-order chi connectivity index (χ0) is 16.1. The number of rotatable bonds is 6. The first kappa shape index (κ1) is 17.0. The van der Waals surface area contributed by atoms with Crippen molar-refractivity contribution in [2.45, 2.75) is 38.2 Å². The van der Waals surface area contributed by atoms with Crippen LogP contribution in [0.1, 0.15) is 31.2 Å². The molecule has 2 rings (SSSR count). The first-order chi connectivity index (χ1) is 10.5. The Morgan fingerprint density at radius 2 is 2.00 bits per heavy atom. The number of ketones is 1. The van der Waals surface area contributed by atoms with E-state index in [1.165, 1.54) is 7.11 Å². The van der Waals surface area contributed by atoms with E-state index in [1.54, 1.807) is 12.1 Å². The van der Waals surface area contributed by atoms with Crippen LogP contribution in [0.3, 0.4) is 0 Å². The smallest absolute Gasteiger partial charge is 0.309 e. The third kappa shape index (κ3) is 4.55. The van der Waals surface area contributed by atoms with Gasteiger partial charge in [0.25, 0.3) is 0 Å². The van der Waals surface area contributed by atoms with Crippen LogP contribution >= 0.6 is 11.6 Å². The Hall–Kier alpha value is -1.39. The second-order valence-corrected chi connectivity index (χ2v) is 6.32. The number of Topliss-reactive ketones (excluding diaryl/α,β-unsaturated/α-hetero) is 1. The average molecular weight is 325 g/mol. The maximum atomic E-state index is 12.3. The van der Waals surface area contributed by atoms with E-state index in [0.717, 1.165) is 5.56 Å². The summed E-state index contributed by atoms with van der Waals surface area (Å²) < 4.78 is 4.83. The normalized spacial score (nSPS) is 22.3. The van der Waals surface area contributed by atoms with Crippen molar-refractivity contribution < 1.29 is 19.4 Å².